The Labute approximate surface area is 99.7 Å². The maximum atomic E-state index is 9.32. The zero-order valence-corrected chi connectivity index (χ0v) is 11.5. The number of rotatable bonds is 2. The standard InChI is InChI=1S/C9H12AsNO2S2/c11-8-3-6(1-2-9(8)13)10-14-5-7(4-12)15-10/h1-3,7,12-13H,4-5,11H2. The molecule has 1 heterocycles. The predicted octanol–water partition coefficient (Wildman–Crippen LogP) is 0.510. The van der Waals surface area contributed by atoms with Gasteiger partial charge in [-0.2, -0.15) is 0 Å². The molecule has 1 aliphatic heterocycles. The Kier molecular flexibility index (Phi) is 3.77. The van der Waals surface area contributed by atoms with Gasteiger partial charge in [0.05, 0.1) is 0 Å². The molecule has 6 heteroatoms. The van der Waals surface area contributed by atoms with E-state index in [4.69, 9.17) is 10.8 Å². The summed E-state index contributed by atoms with van der Waals surface area (Å²) in [5, 5.41) is 18.8. The minimum atomic E-state index is -1.15. The van der Waals surface area contributed by atoms with E-state index >= 15 is 0 Å². The van der Waals surface area contributed by atoms with Crippen molar-refractivity contribution in [2.24, 2.45) is 0 Å². The number of nitrogen functional groups attached to an aromatic ring is 1. The first-order valence-electron chi connectivity index (χ1n) is 4.50. The van der Waals surface area contributed by atoms with Crippen LogP contribution in [0.1, 0.15) is 0 Å². The molecule has 0 saturated carbocycles. The molecule has 1 saturated heterocycles. The van der Waals surface area contributed by atoms with E-state index in [1.165, 1.54) is 4.35 Å². The van der Waals surface area contributed by atoms with E-state index in [9.17, 15) is 5.11 Å². The molecule has 0 spiro atoms. The van der Waals surface area contributed by atoms with E-state index in [0.29, 0.717) is 10.9 Å². The quantitative estimate of drug-likeness (QED) is 0.422. The summed E-state index contributed by atoms with van der Waals surface area (Å²) < 4.78 is 1.25. The first-order valence-corrected chi connectivity index (χ1v) is 11.8. The van der Waals surface area contributed by atoms with Crippen molar-refractivity contribution in [3.8, 4) is 5.75 Å². The first-order chi connectivity index (χ1) is 7.20. The van der Waals surface area contributed by atoms with Crippen LogP contribution in [0.25, 0.3) is 0 Å². The molecule has 2 unspecified atom stereocenters. The van der Waals surface area contributed by atoms with Crippen LogP contribution in [0.5, 0.6) is 5.75 Å². The Balaban J connectivity index is 2.13. The second-order valence-electron chi connectivity index (χ2n) is 3.21. The van der Waals surface area contributed by atoms with E-state index in [-0.39, 0.29) is 12.4 Å². The van der Waals surface area contributed by atoms with Crippen molar-refractivity contribution in [2.45, 2.75) is 5.25 Å². The molecule has 15 heavy (non-hydrogen) atoms. The molecule has 0 aliphatic carbocycles. The Hall–Kier alpha value is 0.0384. The fourth-order valence-corrected chi connectivity index (χ4v) is 16.7. The van der Waals surface area contributed by atoms with Gasteiger partial charge in [-0.05, 0) is 0 Å². The first kappa shape index (κ1) is 11.5. The van der Waals surface area contributed by atoms with E-state index in [0.717, 1.165) is 5.75 Å². The molecule has 82 valence electrons. The number of aliphatic hydroxyl groups excluding tert-OH is 1. The van der Waals surface area contributed by atoms with Crippen LogP contribution in [0, 0.1) is 0 Å². The zero-order chi connectivity index (χ0) is 10.8. The third-order valence-corrected chi connectivity index (χ3v) is 16.0. The number of phenolic OH excluding ortho intramolecular Hbond substituents is 1. The second kappa shape index (κ2) is 4.91. The van der Waals surface area contributed by atoms with Gasteiger partial charge in [0.1, 0.15) is 0 Å². The van der Waals surface area contributed by atoms with Gasteiger partial charge in [-0.1, -0.05) is 0 Å². The number of anilines is 1. The number of aromatic hydroxyl groups is 1. The summed E-state index contributed by atoms with van der Waals surface area (Å²) in [6.07, 6.45) is 0. The van der Waals surface area contributed by atoms with Gasteiger partial charge in [0.15, 0.2) is 0 Å². The Morgan fingerprint density at radius 2 is 2.33 bits per heavy atom. The Morgan fingerprint density at radius 3 is 2.93 bits per heavy atom. The number of hydrogen-bond acceptors (Lipinski definition) is 5. The Bertz CT molecular complexity index is 364. The molecule has 4 N–H and O–H groups in total. The summed E-state index contributed by atoms with van der Waals surface area (Å²) in [5.41, 5.74) is 6.12. The molecule has 1 aromatic rings. The second-order valence-corrected chi connectivity index (χ2v) is 14.8. The van der Waals surface area contributed by atoms with Crippen LogP contribution in [0.3, 0.4) is 0 Å². The van der Waals surface area contributed by atoms with Crippen LogP contribution < -0.4 is 10.1 Å². The van der Waals surface area contributed by atoms with Gasteiger partial charge in [0, 0.05) is 0 Å². The van der Waals surface area contributed by atoms with E-state index in [2.05, 4.69) is 0 Å². The molecule has 1 aromatic carbocycles. The molecular formula is C9H12AsNO2S2. The zero-order valence-electron chi connectivity index (χ0n) is 7.96. The van der Waals surface area contributed by atoms with Gasteiger partial charge < -0.3 is 0 Å². The minimum absolute atomic E-state index is 0.153. The summed E-state index contributed by atoms with van der Waals surface area (Å²) in [4.78, 5) is 0. The molecule has 2 atom stereocenters. The van der Waals surface area contributed by atoms with Crippen molar-refractivity contribution in [1.82, 2.24) is 0 Å². The molecule has 3 nitrogen and oxygen atoms in total. The Morgan fingerprint density at radius 1 is 1.53 bits per heavy atom. The third kappa shape index (κ3) is 2.59. The third-order valence-electron chi connectivity index (χ3n) is 2.05. The average molecular weight is 305 g/mol. The van der Waals surface area contributed by atoms with Crippen LogP contribution in [0.15, 0.2) is 18.2 Å². The summed E-state index contributed by atoms with van der Waals surface area (Å²) in [6, 6.07) is 5.48. The molecule has 0 bridgehead atoms. The van der Waals surface area contributed by atoms with Gasteiger partial charge in [-0.3, -0.25) is 0 Å². The van der Waals surface area contributed by atoms with Crippen molar-refractivity contribution >= 4 is 42.4 Å². The summed E-state index contributed by atoms with van der Waals surface area (Å²) in [6.45, 7) is 0.260. The molecule has 1 aliphatic rings. The predicted molar refractivity (Wildman–Crippen MR) is 68.8 cm³/mol. The fourth-order valence-electron chi connectivity index (χ4n) is 1.22. The van der Waals surface area contributed by atoms with Crippen molar-refractivity contribution in [2.75, 3.05) is 18.1 Å². The van der Waals surface area contributed by atoms with Gasteiger partial charge in [-0.25, -0.2) is 0 Å². The van der Waals surface area contributed by atoms with Crippen LogP contribution in [0.4, 0.5) is 5.69 Å². The topological polar surface area (TPSA) is 66.5 Å². The van der Waals surface area contributed by atoms with Crippen molar-refractivity contribution in [3.05, 3.63) is 18.2 Å². The molecule has 2 rings (SSSR count). The molecule has 0 radical (unpaired) electrons. The maximum absolute atomic E-state index is 9.32. The van der Waals surface area contributed by atoms with E-state index in [1.54, 1.807) is 6.07 Å². The van der Waals surface area contributed by atoms with Crippen LogP contribution in [0.2, 0.25) is 0 Å². The number of phenols is 1. The van der Waals surface area contributed by atoms with Crippen molar-refractivity contribution < 1.29 is 10.2 Å². The number of aliphatic hydroxyl groups is 1. The summed E-state index contributed by atoms with van der Waals surface area (Å²) >= 11 is -1.15. The number of nitrogens with two attached hydrogens (primary N) is 1. The van der Waals surface area contributed by atoms with Gasteiger partial charge in [-0.15, -0.1) is 0 Å². The molecule has 0 amide bonds. The monoisotopic (exact) mass is 305 g/mol. The SMILES string of the molecule is Nc1cc([As]2SCC(CO)S2)ccc1O. The van der Waals surface area contributed by atoms with Crippen molar-refractivity contribution in [1.29, 1.82) is 0 Å². The van der Waals surface area contributed by atoms with Crippen LogP contribution >= 0.6 is 20.0 Å². The normalized spacial score (nSPS) is 25.7. The summed E-state index contributed by atoms with van der Waals surface area (Å²) in [5.74, 6) is 1.18. The van der Waals surface area contributed by atoms with Crippen LogP contribution in [-0.4, -0.2) is 40.2 Å². The molecular weight excluding hydrogens is 293 g/mol. The average Bonchev–Trinajstić information content (AvgIpc) is 2.70. The van der Waals surface area contributed by atoms with Crippen LogP contribution in [-0.2, 0) is 0 Å². The van der Waals surface area contributed by atoms with E-state index in [1.807, 2.05) is 32.2 Å². The molecule has 1 fully saturated rings. The van der Waals surface area contributed by atoms with Gasteiger partial charge in [0.25, 0.3) is 0 Å². The van der Waals surface area contributed by atoms with E-state index < -0.39 is 12.3 Å². The van der Waals surface area contributed by atoms with Gasteiger partial charge in [0.2, 0.25) is 0 Å². The molecule has 0 aromatic heterocycles. The van der Waals surface area contributed by atoms with Gasteiger partial charge >= 0.3 is 99.9 Å². The van der Waals surface area contributed by atoms with Crippen molar-refractivity contribution in [3.63, 3.8) is 0 Å². The summed E-state index contributed by atoms with van der Waals surface area (Å²) in [7, 11) is 3.85. The number of benzene rings is 1. The number of hydrogen-bond donors (Lipinski definition) is 3. The fraction of sp³-hybridized carbons (Fsp3) is 0.333.